The number of benzene rings is 1. The van der Waals surface area contributed by atoms with Gasteiger partial charge in [-0.3, -0.25) is 0 Å². The van der Waals surface area contributed by atoms with E-state index in [2.05, 4.69) is 55.3 Å². The van der Waals surface area contributed by atoms with Crippen LogP contribution in [-0.2, 0) is 13.0 Å². The Kier molecular flexibility index (Phi) is 4.21. The molecule has 2 aromatic rings. The number of aromatic nitrogens is 2. The van der Waals surface area contributed by atoms with E-state index in [0.717, 1.165) is 28.9 Å². The van der Waals surface area contributed by atoms with E-state index in [1.54, 1.807) is 0 Å². The van der Waals surface area contributed by atoms with Crippen LogP contribution < -0.4 is 4.90 Å². The minimum absolute atomic E-state index is 0.644. The van der Waals surface area contributed by atoms with Gasteiger partial charge in [0.2, 0.25) is 5.95 Å². The van der Waals surface area contributed by atoms with E-state index in [-0.39, 0.29) is 0 Å². The minimum Gasteiger partial charge on any atom is -0.342 e. The van der Waals surface area contributed by atoms with Crippen molar-refractivity contribution in [3.63, 3.8) is 0 Å². The van der Waals surface area contributed by atoms with Crippen molar-refractivity contribution in [2.24, 2.45) is 0 Å². The third-order valence-corrected chi connectivity index (χ3v) is 7.96. The molecule has 1 aliphatic carbocycles. The maximum absolute atomic E-state index is 5.07. The lowest BCUT2D eigenvalue weighted by molar-refractivity contribution is 0.420. The van der Waals surface area contributed by atoms with Gasteiger partial charge < -0.3 is 9.47 Å². The zero-order chi connectivity index (χ0) is 16.1. The Bertz CT molecular complexity index is 760. The molecule has 4 rings (SSSR count). The van der Waals surface area contributed by atoms with Crippen LogP contribution in [0.15, 0.2) is 8.95 Å². The molecule has 1 aromatic heterocycles. The number of anilines is 1. The molecule has 0 unspecified atom stereocenters. The number of imidazole rings is 1. The molecular formula is C18H23Br2N3. The number of hydrogen-bond acceptors (Lipinski definition) is 2. The van der Waals surface area contributed by atoms with Crippen LogP contribution in [0.3, 0.4) is 0 Å². The normalized spacial score (nSPS) is 18.6. The highest BCUT2D eigenvalue weighted by atomic mass is 79.9. The first-order valence-electron chi connectivity index (χ1n) is 8.69. The van der Waals surface area contributed by atoms with Crippen LogP contribution in [0.4, 0.5) is 5.95 Å². The van der Waals surface area contributed by atoms with Crippen molar-refractivity contribution in [1.29, 1.82) is 0 Å². The van der Waals surface area contributed by atoms with Crippen LogP contribution in [0.25, 0.3) is 11.0 Å². The molecule has 2 heterocycles. The molecule has 1 aromatic carbocycles. The second kappa shape index (κ2) is 6.07. The number of aryl methyl sites for hydroxylation is 2. The smallest absolute Gasteiger partial charge is 0.206 e. The monoisotopic (exact) mass is 439 g/mol. The van der Waals surface area contributed by atoms with E-state index in [1.807, 2.05) is 0 Å². The highest BCUT2D eigenvalue weighted by Gasteiger charge is 2.28. The summed E-state index contributed by atoms with van der Waals surface area (Å²) in [4.78, 5) is 7.52. The van der Waals surface area contributed by atoms with E-state index in [4.69, 9.17) is 4.98 Å². The predicted molar refractivity (Wildman–Crippen MR) is 103 cm³/mol. The molecule has 0 saturated heterocycles. The highest BCUT2D eigenvalue weighted by Crippen LogP contribution is 2.42. The van der Waals surface area contributed by atoms with Crippen molar-refractivity contribution in [3.05, 3.63) is 20.1 Å². The maximum atomic E-state index is 5.07. The summed E-state index contributed by atoms with van der Waals surface area (Å²) < 4.78 is 4.73. The van der Waals surface area contributed by atoms with Crippen LogP contribution in [0.2, 0.25) is 0 Å². The maximum Gasteiger partial charge on any atom is 0.206 e. The first-order chi connectivity index (χ1) is 11.1. The minimum atomic E-state index is 0.644. The van der Waals surface area contributed by atoms with Gasteiger partial charge in [-0.05, 0) is 75.6 Å². The molecule has 2 aliphatic rings. The first kappa shape index (κ1) is 15.9. The standard InChI is InChI=1S/C18H23Br2N3/c1-11-13-9-6-10-23-17(13)16(15(20)14(11)19)21-18(23)22(2)12-7-4-3-5-8-12/h12H,3-10H2,1-2H3. The van der Waals surface area contributed by atoms with Crippen molar-refractivity contribution in [1.82, 2.24) is 9.55 Å². The van der Waals surface area contributed by atoms with E-state index in [1.165, 1.54) is 59.6 Å². The number of halogens is 2. The molecule has 0 bridgehead atoms. The van der Waals surface area contributed by atoms with Crippen molar-refractivity contribution >= 4 is 48.8 Å². The van der Waals surface area contributed by atoms with Crippen LogP contribution in [0, 0.1) is 6.92 Å². The number of rotatable bonds is 2. The van der Waals surface area contributed by atoms with Gasteiger partial charge in [0.05, 0.1) is 9.99 Å². The summed E-state index contributed by atoms with van der Waals surface area (Å²) in [5.74, 6) is 1.16. The summed E-state index contributed by atoms with van der Waals surface area (Å²) in [6.07, 6.45) is 9.07. The SMILES string of the molecule is Cc1c(Br)c(Br)c2nc(N(C)C3CCCCC3)n3c2c1CCC3. The van der Waals surface area contributed by atoms with Gasteiger partial charge in [0, 0.05) is 24.1 Å². The van der Waals surface area contributed by atoms with Crippen LogP contribution in [0.5, 0.6) is 0 Å². The Morgan fingerprint density at radius 3 is 2.57 bits per heavy atom. The van der Waals surface area contributed by atoms with E-state index >= 15 is 0 Å². The molecule has 1 fully saturated rings. The van der Waals surface area contributed by atoms with E-state index in [0.29, 0.717) is 6.04 Å². The predicted octanol–water partition coefficient (Wildman–Crippen LogP) is 5.58. The fourth-order valence-electron chi connectivity index (χ4n) is 4.31. The molecule has 0 amide bonds. The Morgan fingerprint density at radius 2 is 1.83 bits per heavy atom. The van der Waals surface area contributed by atoms with Crippen LogP contribution in [0.1, 0.15) is 49.7 Å². The molecule has 1 aliphatic heterocycles. The lowest BCUT2D eigenvalue weighted by Crippen LogP contribution is -2.35. The second-order valence-electron chi connectivity index (χ2n) is 7.00. The summed E-state index contributed by atoms with van der Waals surface area (Å²) >= 11 is 7.52. The average Bonchev–Trinajstić information content (AvgIpc) is 2.98. The molecule has 0 radical (unpaired) electrons. The fourth-order valence-corrected chi connectivity index (χ4v) is 5.31. The average molecular weight is 441 g/mol. The van der Waals surface area contributed by atoms with Crippen LogP contribution >= 0.6 is 31.9 Å². The Balaban J connectivity index is 1.89. The lowest BCUT2D eigenvalue weighted by Gasteiger charge is -2.33. The second-order valence-corrected chi connectivity index (χ2v) is 8.58. The van der Waals surface area contributed by atoms with E-state index in [9.17, 15) is 0 Å². The van der Waals surface area contributed by atoms with Crippen molar-refractivity contribution in [2.45, 2.75) is 64.5 Å². The molecule has 0 atom stereocenters. The molecular weight excluding hydrogens is 418 g/mol. The quantitative estimate of drug-likeness (QED) is 0.607. The molecule has 124 valence electrons. The number of nitrogens with zero attached hydrogens (tertiary/aromatic N) is 3. The van der Waals surface area contributed by atoms with Gasteiger partial charge in [0.1, 0.15) is 5.52 Å². The zero-order valence-electron chi connectivity index (χ0n) is 13.8. The molecule has 23 heavy (non-hydrogen) atoms. The Hall–Kier alpha value is -0.550. The summed E-state index contributed by atoms with van der Waals surface area (Å²) in [5, 5.41) is 0. The zero-order valence-corrected chi connectivity index (χ0v) is 17.0. The lowest BCUT2D eigenvalue weighted by atomic mass is 9.95. The molecule has 0 spiro atoms. The van der Waals surface area contributed by atoms with Crippen molar-refractivity contribution in [2.75, 3.05) is 11.9 Å². The van der Waals surface area contributed by atoms with Gasteiger partial charge in [-0.2, -0.15) is 0 Å². The van der Waals surface area contributed by atoms with Crippen molar-refractivity contribution in [3.8, 4) is 0 Å². The Morgan fingerprint density at radius 1 is 1.09 bits per heavy atom. The molecule has 5 heteroatoms. The highest BCUT2D eigenvalue weighted by molar-refractivity contribution is 9.13. The van der Waals surface area contributed by atoms with Gasteiger partial charge in [-0.25, -0.2) is 4.98 Å². The molecule has 0 N–H and O–H groups in total. The van der Waals surface area contributed by atoms with Gasteiger partial charge in [-0.1, -0.05) is 19.3 Å². The largest absolute Gasteiger partial charge is 0.342 e. The van der Waals surface area contributed by atoms with Crippen LogP contribution in [-0.4, -0.2) is 22.6 Å². The Labute approximate surface area is 154 Å². The molecule has 3 nitrogen and oxygen atoms in total. The third kappa shape index (κ3) is 2.46. The summed E-state index contributed by atoms with van der Waals surface area (Å²) in [7, 11) is 2.24. The first-order valence-corrected chi connectivity index (χ1v) is 10.3. The third-order valence-electron chi connectivity index (χ3n) is 5.66. The summed E-state index contributed by atoms with van der Waals surface area (Å²) in [6.45, 7) is 3.31. The summed E-state index contributed by atoms with van der Waals surface area (Å²) in [6, 6.07) is 0.644. The van der Waals surface area contributed by atoms with Gasteiger partial charge in [0.15, 0.2) is 0 Å². The van der Waals surface area contributed by atoms with Gasteiger partial charge >= 0.3 is 0 Å². The summed E-state index contributed by atoms with van der Waals surface area (Å²) in [5.41, 5.74) is 5.30. The topological polar surface area (TPSA) is 21.1 Å². The van der Waals surface area contributed by atoms with E-state index < -0.39 is 0 Å². The van der Waals surface area contributed by atoms with Gasteiger partial charge in [0.25, 0.3) is 0 Å². The fraction of sp³-hybridized carbons (Fsp3) is 0.611. The number of hydrogen-bond donors (Lipinski definition) is 0. The molecule has 1 saturated carbocycles. The van der Waals surface area contributed by atoms with Crippen molar-refractivity contribution < 1.29 is 0 Å². The van der Waals surface area contributed by atoms with Gasteiger partial charge in [-0.15, -0.1) is 0 Å².